The van der Waals surface area contributed by atoms with Gasteiger partial charge in [-0.25, -0.2) is 8.78 Å². The number of hydrogen-bond donors (Lipinski definition) is 1. The van der Waals surface area contributed by atoms with Gasteiger partial charge in [-0.1, -0.05) is 11.8 Å². The van der Waals surface area contributed by atoms with Gasteiger partial charge in [0.05, 0.1) is 24.4 Å². The van der Waals surface area contributed by atoms with Crippen LogP contribution in [0.15, 0.2) is 11.4 Å². The molecule has 0 unspecified atom stereocenters. The maximum absolute atomic E-state index is 11.9. The van der Waals surface area contributed by atoms with Crippen LogP contribution in [-0.4, -0.2) is 44.0 Å². The third-order valence-corrected chi connectivity index (χ3v) is 3.41. The lowest BCUT2D eigenvalue weighted by Gasteiger charge is -2.16. The summed E-state index contributed by atoms with van der Waals surface area (Å²) in [7, 11) is 1.67. The normalized spacial score (nSPS) is 10.3. The largest absolute Gasteiger partial charge is 0.375 e. The number of thiophene rings is 1. The van der Waals surface area contributed by atoms with Crippen molar-refractivity contribution in [2.45, 2.75) is 19.4 Å². The fourth-order valence-corrected chi connectivity index (χ4v) is 2.32. The van der Waals surface area contributed by atoms with E-state index in [0.29, 0.717) is 13.1 Å². The number of halogens is 2. The van der Waals surface area contributed by atoms with Gasteiger partial charge in [0.15, 0.2) is 0 Å². The van der Waals surface area contributed by atoms with E-state index in [2.05, 4.69) is 16.6 Å². The number of carbonyl (C=O) groups excluding carboxylic acids is 1. The third-order valence-electron chi connectivity index (χ3n) is 2.52. The highest BCUT2D eigenvalue weighted by Crippen LogP contribution is 2.15. The second-order valence-electron chi connectivity index (χ2n) is 4.29. The molecule has 1 heterocycles. The molecular weight excluding hydrogens is 298 g/mol. The number of hydrogen-bond acceptors (Lipinski definition) is 4. The summed E-state index contributed by atoms with van der Waals surface area (Å²) in [5.74, 6) is 5.55. The molecular formula is C14H18F2N2O2S. The molecule has 1 rings (SSSR count). The summed E-state index contributed by atoms with van der Waals surface area (Å²) in [6.45, 7) is 0.133. The SMILES string of the molecule is CN(Cc1csc(C#CCN)c1)C(=O)CCOCC(F)F. The molecule has 0 aliphatic carbocycles. The molecule has 21 heavy (non-hydrogen) atoms. The summed E-state index contributed by atoms with van der Waals surface area (Å²) in [6, 6.07) is 1.91. The van der Waals surface area contributed by atoms with Crippen molar-refractivity contribution < 1.29 is 18.3 Å². The number of alkyl halides is 2. The molecule has 1 amide bonds. The van der Waals surface area contributed by atoms with Gasteiger partial charge in [-0.15, -0.1) is 11.3 Å². The van der Waals surface area contributed by atoms with Crippen LogP contribution in [0.25, 0.3) is 0 Å². The first-order valence-corrected chi connectivity index (χ1v) is 7.27. The Morgan fingerprint density at radius 3 is 3.00 bits per heavy atom. The van der Waals surface area contributed by atoms with Crippen molar-refractivity contribution in [1.29, 1.82) is 0 Å². The number of carbonyl (C=O) groups is 1. The fraction of sp³-hybridized carbons (Fsp3) is 0.500. The summed E-state index contributed by atoms with van der Waals surface area (Å²) < 4.78 is 28.4. The van der Waals surface area contributed by atoms with E-state index in [1.165, 1.54) is 16.2 Å². The third kappa shape index (κ3) is 7.18. The van der Waals surface area contributed by atoms with Crippen molar-refractivity contribution in [1.82, 2.24) is 4.90 Å². The van der Waals surface area contributed by atoms with Crippen molar-refractivity contribution in [3.8, 4) is 11.8 Å². The van der Waals surface area contributed by atoms with E-state index in [0.717, 1.165) is 10.4 Å². The molecule has 4 nitrogen and oxygen atoms in total. The molecule has 2 N–H and O–H groups in total. The van der Waals surface area contributed by atoms with Gasteiger partial charge in [0.2, 0.25) is 5.91 Å². The van der Waals surface area contributed by atoms with E-state index in [1.807, 2.05) is 11.4 Å². The molecule has 0 saturated carbocycles. The molecule has 0 saturated heterocycles. The molecule has 0 aromatic carbocycles. The second-order valence-corrected chi connectivity index (χ2v) is 5.20. The lowest BCUT2D eigenvalue weighted by Crippen LogP contribution is -2.27. The van der Waals surface area contributed by atoms with Crippen LogP contribution >= 0.6 is 11.3 Å². The highest BCUT2D eigenvalue weighted by molar-refractivity contribution is 7.10. The Morgan fingerprint density at radius 2 is 2.33 bits per heavy atom. The van der Waals surface area contributed by atoms with Crippen molar-refractivity contribution in [3.05, 3.63) is 21.9 Å². The summed E-state index contributed by atoms with van der Waals surface area (Å²) >= 11 is 1.49. The number of nitrogens with two attached hydrogens (primary N) is 1. The topological polar surface area (TPSA) is 55.6 Å². The Bertz CT molecular complexity index is 509. The van der Waals surface area contributed by atoms with Crippen molar-refractivity contribution >= 4 is 17.2 Å². The van der Waals surface area contributed by atoms with Gasteiger partial charge >= 0.3 is 0 Å². The Morgan fingerprint density at radius 1 is 1.57 bits per heavy atom. The van der Waals surface area contributed by atoms with E-state index in [4.69, 9.17) is 5.73 Å². The van der Waals surface area contributed by atoms with Gasteiger partial charge in [-0.3, -0.25) is 4.79 Å². The average molecular weight is 316 g/mol. The maximum Gasteiger partial charge on any atom is 0.261 e. The van der Waals surface area contributed by atoms with Gasteiger partial charge in [0, 0.05) is 13.6 Å². The predicted molar refractivity (Wildman–Crippen MR) is 78.2 cm³/mol. The predicted octanol–water partition coefficient (Wildman–Crippen LogP) is 1.69. The summed E-state index contributed by atoms with van der Waals surface area (Å²) in [5.41, 5.74) is 6.28. The molecule has 0 aliphatic rings. The highest BCUT2D eigenvalue weighted by atomic mass is 32.1. The molecule has 0 radical (unpaired) electrons. The monoisotopic (exact) mass is 316 g/mol. The van der Waals surface area contributed by atoms with E-state index in [9.17, 15) is 13.6 Å². The van der Waals surface area contributed by atoms with Crippen LogP contribution in [0.5, 0.6) is 0 Å². The van der Waals surface area contributed by atoms with Gasteiger partial charge < -0.3 is 15.4 Å². The lowest BCUT2D eigenvalue weighted by atomic mass is 10.2. The number of nitrogens with zero attached hydrogens (tertiary/aromatic N) is 1. The van der Waals surface area contributed by atoms with Crippen molar-refractivity contribution in [2.75, 3.05) is 26.8 Å². The molecule has 1 aromatic heterocycles. The van der Waals surface area contributed by atoms with E-state index < -0.39 is 13.0 Å². The maximum atomic E-state index is 11.9. The van der Waals surface area contributed by atoms with Crippen molar-refractivity contribution in [2.24, 2.45) is 5.73 Å². The van der Waals surface area contributed by atoms with E-state index in [1.54, 1.807) is 7.05 Å². The van der Waals surface area contributed by atoms with Crippen LogP contribution in [0.4, 0.5) is 8.78 Å². The first kappa shape index (κ1) is 17.6. The number of ether oxygens (including phenoxy) is 1. The number of amides is 1. The Hall–Kier alpha value is -1.49. The van der Waals surface area contributed by atoms with Gasteiger partial charge in [0.1, 0.15) is 6.61 Å². The molecule has 116 valence electrons. The second kappa shape index (κ2) is 9.45. The minimum Gasteiger partial charge on any atom is -0.375 e. The number of rotatable bonds is 7. The van der Waals surface area contributed by atoms with Crippen molar-refractivity contribution in [3.63, 3.8) is 0 Å². The van der Waals surface area contributed by atoms with Gasteiger partial charge in [-0.2, -0.15) is 0 Å². The molecule has 0 atom stereocenters. The summed E-state index contributed by atoms with van der Waals surface area (Å²) in [6.07, 6.45) is -2.41. The van der Waals surface area contributed by atoms with Crippen LogP contribution in [0.3, 0.4) is 0 Å². The summed E-state index contributed by atoms with van der Waals surface area (Å²) in [4.78, 5) is 14.2. The minimum atomic E-state index is -2.50. The molecule has 0 aliphatic heterocycles. The fourth-order valence-electron chi connectivity index (χ4n) is 1.55. The zero-order valence-electron chi connectivity index (χ0n) is 11.8. The van der Waals surface area contributed by atoms with Crippen LogP contribution < -0.4 is 5.73 Å². The Labute approximate surface area is 126 Å². The molecule has 7 heteroatoms. The standard InChI is InChI=1S/C14H18F2N2O2S/c1-18(14(19)4-6-20-9-13(15)16)8-11-7-12(21-10-11)3-2-5-17/h7,10,13H,4-6,8-9,17H2,1H3. The minimum absolute atomic E-state index is 0.00434. The molecule has 0 fully saturated rings. The smallest absolute Gasteiger partial charge is 0.261 e. The van der Waals surface area contributed by atoms with Crippen LogP contribution in [0.2, 0.25) is 0 Å². The van der Waals surface area contributed by atoms with Crippen LogP contribution in [0, 0.1) is 11.8 Å². The average Bonchev–Trinajstić information content (AvgIpc) is 2.88. The quantitative estimate of drug-likeness (QED) is 0.615. The van der Waals surface area contributed by atoms with Crippen LogP contribution in [0.1, 0.15) is 16.9 Å². The zero-order valence-corrected chi connectivity index (χ0v) is 12.6. The molecule has 0 spiro atoms. The van der Waals surface area contributed by atoms with Gasteiger partial charge in [0.25, 0.3) is 6.43 Å². The lowest BCUT2D eigenvalue weighted by molar-refractivity contribution is -0.132. The molecule has 0 bridgehead atoms. The van der Waals surface area contributed by atoms with E-state index >= 15 is 0 Å². The summed E-state index contributed by atoms with van der Waals surface area (Å²) in [5, 5.41) is 1.93. The van der Waals surface area contributed by atoms with Gasteiger partial charge in [-0.05, 0) is 17.0 Å². The molecule has 1 aromatic rings. The Balaban J connectivity index is 2.36. The highest BCUT2D eigenvalue weighted by Gasteiger charge is 2.11. The van der Waals surface area contributed by atoms with E-state index in [-0.39, 0.29) is 18.9 Å². The first-order valence-electron chi connectivity index (χ1n) is 6.39. The first-order chi connectivity index (χ1) is 10.0. The van der Waals surface area contributed by atoms with Crippen LogP contribution in [-0.2, 0) is 16.1 Å². The zero-order chi connectivity index (χ0) is 15.7. The Kier molecular flexibility index (Phi) is 7.90.